The number of rotatable bonds is 8. The molecule has 0 bridgehead atoms. The minimum atomic E-state index is -4.39. The molecule has 10 nitrogen and oxygen atoms in total. The lowest BCUT2D eigenvalue weighted by Crippen LogP contribution is -2.46. The number of hydrogen-bond acceptors (Lipinski definition) is 8. The summed E-state index contributed by atoms with van der Waals surface area (Å²) in [6, 6.07) is 20.6. The lowest BCUT2D eigenvalue weighted by atomic mass is 10.2. The van der Waals surface area contributed by atoms with Crippen molar-refractivity contribution in [2.24, 2.45) is 10.2 Å². The third-order valence-corrected chi connectivity index (χ3v) is 8.68. The summed E-state index contributed by atoms with van der Waals surface area (Å²) in [7, 11) is -8.19. The monoisotopic (exact) mass is 530 g/mol. The SMILES string of the molecule is O=P(O)(O)CCS(=O)(=O)c1ccc(N=Nc2ccc(N3CCN(c4ccc(O)cc4)CC3)cc2)cc1. The third-order valence-electron chi connectivity index (χ3n) is 5.84. The third kappa shape index (κ3) is 6.92. The first-order valence-corrected chi connectivity index (χ1v) is 14.7. The standard InChI is InChI=1S/C24H27N4O6PS/c29-23-9-7-22(8-10-23)28-15-13-27(14-16-28)21-5-1-19(2-6-21)25-26-20-3-11-24(12-4-20)36(33,34)18-17-35(30,31)32/h1-12,29H,13-18H2,(H2,30,31,32). The Morgan fingerprint density at radius 2 is 1.14 bits per heavy atom. The molecule has 3 aromatic rings. The van der Waals surface area contributed by atoms with Gasteiger partial charge in [0.25, 0.3) is 0 Å². The van der Waals surface area contributed by atoms with Gasteiger partial charge in [-0.25, -0.2) is 8.42 Å². The molecule has 1 aliphatic rings. The minimum absolute atomic E-state index is 0.0234. The van der Waals surface area contributed by atoms with Crippen LogP contribution in [0, 0.1) is 0 Å². The molecular weight excluding hydrogens is 503 g/mol. The highest BCUT2D eigenvalue weighted by Gasteiger charge is 2.21. The van der Waals surface area contributed by atoms with E-state index in [-0.39, 0.29) is 10.6 Å². The number of piperazine rings is 1. The van der Waals surface area contributed by atoms with E-state index in [1.165, 1.54) is 24.3 Å². The average Bonchev–Trinajstić information content (AvgIpc) is 2.87. The topological polar surface area (TPSA) is 143 Å². The summed E-state index contributed by atoms with van der Waals surface area (Å²) in [5.41, 5.74) is 3.29. The van der Waals surface area contributed by atoms with Crippen molar-refractivity contribution in [1.29, 1.82) is 0 Å². The fourth-order valence-corrected chi connectivity index (χ4v) is 6.51. The molecule has 0 amide bonds. The summed E-state index contributed by atoms with van der Waals surface area (Å²) >= 11 is 0. The lowest BCUT2D eigenvalue weighted by molar-refractivity contribution is 0.374. The zero-order valence-electron chi connectivity index (χ0n) is 19.4. The molecule has 3 N–H and O–H groups in total. The Kier molecular flexibility index (Phi) is 7.75. The Bertz CT molecular complexity index is 1350. The smallest absolute Gasteiger partial charge is 0.326 e. The van der Waals surface area contributed by atoms with E-state index in [1.54, 1.807) is 12.1 Å². The molecule has 0 radical (unpaired) electrons. The van der Waals surface area contributed by atoms with Crippen LogP contribution in [0.25, 0.3) is 0 Å². The molecule has 4 rings (SSSR count). The number of aromatic hydroxyl groups is 1. The molecule has 1 aliphatic heterocycles. The van der Waals surface area contributed by atoms with Gasteiger partial charge in [0.05, 0.1) is 28.2 Å². The molecular formula is C24H27N4O6PS. The van der Waals surface area contributed by atoms with Gasteiger partial charge >= 0.3 is 7.60 Å². The predicted molar refractivity (Wildman–Crippen MR) is 139 cm³/mol. The van der Waals surface area contributed by atoms with E-state index < -0.39 is 29.3 Å². The fourth-order valence-electron chi connectivity index (χ4n) is 3.81. The quantitative estimate of drug-likeness (QED) is 0.292. The Hall–Kier alpha value is -3.24. The van der Waals surface area contributed by atoms with Gasteiger partial charge in [0.2, 0.25) is 0 Å². The van der Waals surface area contributed by atoms with Gasteiger partial charge in [0, 0.05) is 37.6 Å². The maximum atomic E-state index is 12.2. The second kappa shape index (κ2) is 10.8. The maximum Gasteiger partial charge on any atom is 0.326 e. The summed E-state index contributed by atoms with van der Waals surface area (Å²) in [5, 5.41) is 17.8. The molecule has 190 valence electrons. The normalized spacial score (nSPS) is 14.9. The predicted octanol–water partition coefficient (Wildman–Crippen LogP) is 4.09. The van der Waals surface area contributed by atoms with Gasteiger partial charge in [-0.3, -0.25) is 4.57 Å². The van der Waals surface area contributed by atoms with E-state index in [9.17, 15) is 18.1 Å². The van der Waals surface area contributed by atoms with Crippen molar-refractivity contribution in [1.82, 2.24) is 0 Å². The Labute approximate surface area is 209 Å². The molecule has 36 heavy (non-hydrogen) atoms. The molecule has 1 fully saturated rings. The number of azo groups is 1. The van der Waals surface area contributed by atoms with Crippen LogP contribution in [0.5, 0.6) is 5.75 Å². The second-order valence-electron chi connectivity index (χ2n) is 8.41. The van der Waals surface area contributed by atoms with Gasteiger partial charge in [-0.1, -0.05) is 0 Å². The first-order valence-electron chi connectivity index (χ1n) is 11.3. The van der Waals surface area contributed by atoms with Gasteiger partial charge in [-0.2, -0.15) is 10.2 Å². The number of sulfone groups is 1. The zero-order valence-corrected chi connectivity index (χ0v) is 21.1. The Morgan fingerprint density at radius 3 is 1.58 bits per heavy atom. The lowest BCUT2D eigenvalue weighted by Gasteiger charge is -2.37. The first kappa shape index (κ1) is 25.8. The zero-order chi connectivity index (χ0) is 25.8. The number of hydrogen-bond donors (Lipinski definition) is 3. The number of anilines is 2. The van der Waals surface area contributed by atoms with Crippen molar-refractivity contribution in [3.63, 3.8) is 0 Å². The van der Waals surface area contributed by atoms with Crippen LogP contribution in [-0.2, 0) is 14.4 Å². The van der Waals surface area contributed by atoms with Gasteiger partial charge in [0.1, 0.15) is 5.75 Å². The van der Waals surface area contributed by atoms with Gasteiger partial charge in [0.15, 0.2) is 9.84 Å². The highest BCUT2D eigenvalue weighted by Crippen LogP contribution is 2.35. The molecule has 0 spiro atoms. The Morgan fingerprint density at radius 1 is 0.722 bits per heavy atom. The van der Waals surface area contributed by atoms with Crippen LogP contribution in [0.2, 0.25) is 0 Å². The summed E-state index contributed by atoms with van der Waals surface area (Å²) in [4.78, 5) is 22.4. The molecule has 0 atom stereocenters. The van der Waals surface area contributed by atoms with Crippen molar-refractivity contribution in [3.05, 3.63) is 72.8 Å². The van der Waals surface area contributed by atoms with E-state index in [4.69, 9.17) is 9.79 Å². The maximum absolute atomic E-state index is 12.2. The molecule has 1 heterocycles. The van der Waals surface area contributed by atoms with Crippen molar-refractivity contribution < 1.29 is 27.9 Å². The number of phenols is 1. The molecule has 12 heteroatoms. The van der Waals surface area contributed by atoms with Crippen molar-refractivity contribution in [2.45, 2.75) is 4.90 Å². The minimum Gasteiger partial charge on any atom is -0.508 e. The van der Waals surface area contributed by atoms with Crippen LogP contribution in [0.4, 0.5) is 22.7 Å². The largest absolute Gasteiger partial charge is 0.508 e. The average molecular weight is 531 g/mol. The summed E-state index contributed by atoms with van der Waals surface area (Å²) < 4.78 is 35.4. The van der Waals surface area contributed by atoms with Gasteiger partial charge in [-0.05, 0) is 72.8 Å². The molecule has 0 aliphatic carbocycles. The van der Waals surface area contributed by atoms with E-state index in [0.717, 1.165) is 37.6 Å². The fraction of sp³-hybridized carbons (Fsp3) is 0.250. The number of nitrogens with zero attached hydrogens (tertiary/aromatic N) is 4. The Balaban J connectivity index is 1.32. The van der Waals surface area contributed by atoms with Crippen molar-refractivity contribution in [3.8, 4) is 5.75 Å². The van der Waals surface area contributed by atoms with Crippen LogP contribution in [0.3, 0.4) is 0 Å². The molecule has 3 aromatic carbocycles. The van der Waals surface area contributed by atoms with E-state index >= 15 is 0 Å². The summed E-state index contributed by atoms with van der Waals surface area (Å²) in [5.74, 6) is -0.369. The highest BCUT2D eigenvalue weighted by atomic mass is 32.2. The molecule has 0 saturated carbocycles. The number of phenolic OH excluding ortho intramolecular Hbond substituents is 1. The van der Waals surface area contributed by atoms with Crippen LogP contribution < -0.4 is 9.80 Å². The van der Waals surface area contributed by atoms with E-state index in [2.05, 4.69) is 20.0 Å². The summed E-state index contributed by atoms with van der Waals surface area (Å²) in [6.45, 7) is 3.48. The van der Waals surface area contributed by atoms with Crippen LogP contribution in [-0.4, -0.2) is 61.4 Å². The molecule has 0 unspecified atom stereocenters. The second-order valence-corrected chi connectivity index (χ2v) is 12.3. The van der Waals surface area contributed by atoms with Crippen LogP contribution in [0.1, 0.15) is 0 Å². The van der Waals surface area contributed by atoms with Crippen LogP contribution >= 0.6 is 7.60 Å². The summed E-state index contributed by atoms with van der Waals surface area (Å²) in [6.07, 6.45) is -0.721. The van der Waals surface area contributed by atoms with Crippen molar-refractivity contribution in [2.75, 3.05) is 47.9 Å². The first-order chi connectivity index (χ1) is 17.1. The molecule has 1 saturated heterocycles. The van der Waals surface area contributed by atoms with Crippen molar-refractivity contribution >= 4 is 40.2 Å². The highest BCUT2D eigenvalue weighted by molar-refractivity contribution is 7.91. The van der Waals surface area contributed by atoms with E-state index in [1.807, 2.05) is 36.4 Å². The van der Waals surface area contributed by atoms with Gasteiger partial charge in [-0.15, -0.1) is 0 Å². The van der Waals surface area contributed by atoms with Crippen LogP contribution in [0.15, 0.2) is 87.9 Å². The number of benzene rings is 3. The van der Waals surface area contributed by atoms with E-state index in [0.29, 0.717) is 11.4 Å². The molecule has 0 aromatic heterocycles. The van der Waals surface area contributed by atoms with Gasteiger partial charge < -0.3 is 24.7 Å².